The molecule has 1 aliphatic rings. The van der Waals surface area contributed by atoms with E-state index in [0.29, 0.717) is 12.0 Å². The molecule has 0 amide bonds. The van der Waals surface area contributed by atoms with Crippen molar-refractivity contribution in [3.05, 3.63) is 90.3 Å². The predicted molar refractivity (Wildman–Crippen MR) is 115 cm³/mol. The number of ether oxygens (including phenoxy) is 1. The van der Waals surface area contributed by atoms with Gasteiger partial charge in [-0.15, -0.1) is 0 Å². The van der Waals surface area contributed by atoms with Crippen molar-refractivity contribution in [3.8, 4) is 16.9 Å². The molecular weight excluding hydrogens is 344 g/mol. The van der Waals surface area contributed by atoms with Gasteiger partial charge in [-0.3, -0.25) is 4.98 Å². The Bertz CT molecular complexity index is 965. The van der Waals surface area contributed by atoms with E-state index in [0.717, 1.165) is 18.7 Å². The van der Waals surface area contributed by atoms with Gasteiger partial charge in [-0.05, 0) is 58.4 Å². The minimum atomic E-state index is 0.335. The summed E-state index contributed by atoms with van der Waals surface area (Å²) in [7, 11) is 1.71. The Labute approximate surface area is 167 Å². The third-order valence-corrected chi connectivity index (χ3v) is 5.64. The van der Waals surface area contributed by atoms with E-state index < -0.39 is 0 Å². The zero-order valence-corrected chi connectivity index (χ0v) is 16.4. The largest absolute Gasteiger partial charge is 0.497 e. The standard InChI is InChI=1S/C25H26N2O/c1-18(25-16-20(11-14-27-25)19-7-4-3-5-8-19)24-17-26-13-12-23(24)21-9-6-10-22(15-21)28-2/h3-13,15,17-18,25,27H,14,16H2,1-2H3. The summed E-state index contributed by atoms with van der Waals surface area (Å²) < 4.78 is 5.42. The van der Waals surface area contributed by atoms with E-state index in [9.17, 15) is 0 Å². The summed E-state index contributed by atoms with van der Waals surface area (Å²) in [6.07, 6.45) is 7.21. The average molecular weight is 370 g/mol. The van der Waals surface area contributed by atoms with Crippen LogP contribution >= 0.6 is 0 Å². The van der Waals surface area contributed by atoms with Crippen LogP contribution in [0.3, 0.4) is 0 Å². The molecule has 3 nitrogen and oxygen atoms in total. The number of nitrogens with zero attached hydrogens (tertiary/aromatic N) is 1. The summed E-state index contributed by atoms with van der Waals surface area (Å²) in [6.45, 7) is 3.19. The van der Waals surface area contributed by atoms with Gasteiger partial charge in [0, 0.05) is 25.0 Å². The van der Waals surface area contributed by atoms with Gasteiger partial charge in [0.2, 0.25) is 0 Å². The molecule has 1 aromatic heterocycles. The van der Waals surface area contributed by atoms with Crippen molar-refractivity contribution in [1.29, 1.82) is 0 Å². The molecule has 0 spiro atoms. The average Bonchev–Trinajstić information content (AvgIpc) is 2.79. The Hall–Kier alpha value is -2.91. The minimum absolute atomic E-state index is 0.335. The highest BCUT2D eigenvalue weighted by Crippen LogP contribution is 2.35. The lowest BCUT2D eigenvalue weighted by Gasteiger charge is -2.31. The van der Waals surface area contributed by atoms with Crippen LogP contribution in [0.15, 0.2) is 79.1 Å². The number of aromatic nitrogens is 1. The Kier molecular flexibility index (Phi) is 5.54. The zero-order valence-electron chi connectivity index (χ0n) is 16.4. The van der Waals surface area contributed by atoms with Gasteiger partial charge in [-0.2, -0.15) is 0 Å². The Morgan fingerprint density at radius 2 is 1.86 bits per heavy atom. The number of hydrogen-bond acceptors (Lipinski definition) is 3. The second kappa shape index (κ2) is 8.41. The van der Waals surface area contributed by atoms with Crippen molar-refractivity contribution in [3.63, 3.8) is 0 Å². The van der Waals surface area contributed by atoms with Crippen molar-refractivity contribution in [2.45, 2.75) is 25.3 Å². The first-order valence-electron chi connectivity index (χ1n) is 9.82. The van der Waals surface area contributed by atoms with Crippen LogP contribution in [-0.2, 0) is 0 Å². The molecular formula is C25H26N2O. The van der Waals surface area contributed by atoms with Crippen LogP contribution in [0.4, 0.5) is 0 Å². The van der Waals surface area contributed by atoms with Crippen LogP contribution in [0.1, 0.15) is 30.4 Å². The molecule has 4 rings (SSSR count). The maximum atomic E-state index is 5.42. The third kappa shape index (κ3) is 3.85. The normalized spacial score (nSPS) is 17.6. The molecule has 28 heavy (non-hydrogen) atoms. The molecule has 0 saturated heterocycles. The fourth-order valence-electron chi connectivity index (χ4n) is 4.01. The molecule has 1 aliphatic heterocycles. The van der Waals surface area contributed by atoms with Crippen molar-refractivity contribution in [2.24, 2.45) is 0 Å². The van der Waals surface area contributed by atoms with Gasteiger partial charge in [0.05, 0.1) is 7.11 Å². The highest BCUT2D eigenvalue weighted by Gasteiger charge is 2.25. The number of rotatable bonds is 5. The van der Waals surface area contributed by atoms with E-state index in [1.54, 1.807) is 7.11 Å². The van der Waals surface area contributed by atoms with E-state index in [2.05, 4.69) is 71.8 Å². The molecule has 2 unspecified atom stereocenters. The lowest BCUT2D eigenvalue weighted by atomic mass is 9.83. The summed E-state index contributed by atoms with van der Waals surface area (Å²) in [5.41, 5.74) is 6.39. The molecule has 3 heteroatoms. The molecule has 2 atom stereocenters. The number of methoxy groups -OCH3 is 1. The quantitative estimate of drug-likeness (QED) is 0.661. The first-order valence-corrected chi connectivity index (χ1v) is 9.82. The summed E-state index contributed by atoms with van der Waals surface area (Å²) in [5.74, 6) is 1.21. The SMILES string of the molecule is COc1cccc(-c2ccncc2C(C)C2CC(c3ccccc3)=CCN2)c1. The van der Waals surface area contributed by atoms with E-state index >= 15 is 0 Å². The molecule has 0 bridgehead atoms. The van der Waals surface area contributed by atoms with Gasteiger partial charge in [0.1, 0.15) is 5.75 Å². The van der Waals surface area contributed by atoms with E-state index in [1.165, 1.54) is 27.8 Å². The van der Waals surface area contributed by atoms with Gasteiger partial charge >= 0.3 is 0 Å². The molecule has 1 N–H and O–H groups in total. The second-order valence-electron chi connectivity index (χ2n) is 7.30. The molecule has 142 valence electrons. The molecule has 0 radical (unpaired) electrons. The van der Waals surface area contributed by atoms with Crippen LogP contribution in [0, 0.1) is 0 Å². The van der Waals surface area contributed by atoms with Crippen LogP contribution in [-0.4, -0.2) is 24.7 Å². The van der Waals surface area contributed by atoms with Gasteiger partial charge in [0.15, 0.2) is 0 Å². The lowest BCUT2D eigenvalue weighted by Crippen LogP contribution is -2.37. The third-order valence-electron chi connectivity index (χ3n) is 5.64. The van der Waals surface area contributed by atoms with Gasteiger partial charge < -0.3 is 10.1 Å². The van der Waals surface area contributed by atoms with Crippen LogP contribution in [0.5, 0.6) is 5.75 Å². The Morgan fingerprint density at radius 3 is 2.68 bits per heavy atom. The monoisotopic (exact) mass is 370 g/mol. The Balaban J connectivity index is 1.62. The molecule has 3 aromatic rings. The zero-order chi connectivity index (χ0) is 19.3. The fourth-order valence-corrected chi connectivity index (χ4v) is 4.01. The maximum absolute atomic E-state index is 5.42. The van der Waals surface area contributed by atoms with Crippen molar-refractivity contribution < 1.29 is 4.74 Å². The molecule has 2 heterocycles. The smallest absolute Gasteiger partial charge is 0.119 e. The van der Waals surface area contributed by atoms with Crippen LogP contribution in [0.25, 0.3) is 16.7 Å². The predicted octanol–water partition coefficient (Wildman–Crippen LogP) is 5.31. The van der Waals surface area contributed by atoms with Crippen LogP contribution < -0.4 is 10.1 Å². The van der Waals surface area contributed by atoms with E-state index in [4.69, 9.17) is 4.74 Å². The summed E-state index contributed by atoms with van der Waals surface area (Å²) in [5, 5.41) is 3.69. The second-order valence-corrected chi connectivity index (χ2v) is 7.30. The number of benzene rings is 2. The van der Waals surface area contributed by atoms with Crippen molar-refractivity contribution >= 4 is 5.57 Å². The minimum Gasteiger partial charge on any atom is -0.497 e. The van der Waals surface area contributed by atoms with Crippen molar-refractivity contribution in [1.82, 2.24) is 10.3 Å². The molecule has 0 saturated carbocycles. The van der Waals surface area contributed by atoms with Crippen LogP contribution in [0.2, 0.25) is 0 Å². The first kappa shape index (κ1) is 18.5. The van der Waals surface area contributed by atoms with Gasteiger partial charge in [-0.25, -0.2) is 0 Å². The maximum Gasteiger partial charge on any atom is 0.119 e. The highest BCUT2D eigenvalue weighted by molar-refractivity contribution is 5.70. The summed E-state index contributed by atoms with van der Waals surface area (Å²) in [4.78, 5) is 4.43. The van der Waals surface area contributed by atoms with E-state index in [-0.39, 0.29) is 0 Å². The molecule has 2 aromatic carbocycles. The molecule has 0 aliphatic carbocycles. The Morgan fingerprint density at radius 1 is 1.04 bits per heavy atom. The number of pyridine rings is 1. The lowest BCUT2D eigenvalue weighted by molar-refractivity contribution is 0.415. The van der Waals surface area contributed by atoms with Gasteiger partial charge in [0.25, 0.3) is 0 Å². The first-order chi connectivity index (χ1) is 13.8. The highest BCUT2D eigenvalue weighted by atomic mass is 16.5. The molecule has 0 fully saturated rings. The topological polar surface area (TPSA) is 34.1 Å². The van der Waals surface area contributed by atoms with E-state index in [1.807, 2.05) is 24.5 Å². The van der Waals surface area contributed by atoms with Crippen molar-refractivity contribution in [2.75, 3.05) is 13.7 Å². The number of nitrogens with one attached hydrogen (secondary N) is 1. The summed E-state index contributed by atoms with van der Waals surface area (Å²) >= 11 is 0. The number of hydrogen-bond donors (Lipinski definition) is 1. The van der Waals surface area contributed by atoms with Gasteiger partial charge in [-0.1, -0.05) is 55.5 Å². The summed E-state index contributed by atoms with van der Waals surface area (Å²) in [6, 6.07) is 21.4. The fraction of sp³-hybridized carbons (Fsp3) is 0.240.